The monoisotopic (exact) mass is 365 g/mol. The van der Waals surface area contributed by atoms with Gasteiger partial charge in [-0.2, -0.15) is 0 Å². The van der Waals surface area contributed by atoms with E-state index in [1.165, 1.54) is 11.3 Å². The molecule has 0 saturated heterocycles. The lowest BCUT2D eigenvalue weighted by atomic mass is 10.1. The Labute approximate surface area is 158 Å². The van der Waals surface area contributed by atoms with Crippen molar-refractivity contribution < 1.29 is 9.53 Å². The topological polar surface area (TPSA) is 38.3 Å². The predicted octanol–water partition coefficient (Wildman–Crippen LogP) is 5.98. The van der Waals surface area contributed by atoms with Gasteiger partial charge in [-0.1, -0.05) is 32.0 Å². The molecule has 134 valence electrons. The fourth-order valence-corrected chi connectivity index (χ4v) is 3.42. The van der Waals surface area contributed by atoms with Crippen LogP contribution in [0.1, 0.15) is 29.9 Å². The number of hydrogen-bond donors (Lipinski definition) is 1. The smallest absolute Gasteiger partial charge is 0.261 e. The third-order valence-corrected chi connectivity index (χ3v) is 5.09. The number of thiophene rings is 1. The molecule has 0 aliphatic heterocycles. The van der Waals surface area contributed by atoms with Crippen LogP contribution in [0.25, 0.3) is 10.4 Å². The molecular formula is C22H23NO2S. The lowest BCUT2D eigenvalue weighted by molar-refractivity contribution is 0.0956. The van der Waals surface area contributed by atoms with Gasteiger partial charge in [0.15, 0.2) is 0 Å². The largest absolute Gasteiger partial charge is 0.457 e. The SMILES string of the molecule is CC(C)CCNC(=O)c1ccc(-c2ccc(Oc3ccccc3)cc2)s1. The van der Waals surface area contributed by atoms with Gasteiger partial charge in [0, 0.05) is 11.4 Å². The first kappa shape index (κ1) is 18.2. The van der Waals surface area contributed by atoms with Crippen LogP contribution in [-0.2, 0) is 0 Å². The number of hydrogen-bond acceptors (Lipinski definition) is 3. The Balaban J connectivity index is 1.63. The second kappa shape index (κ2) is 8.68. The quantitative estimate of drug-likeness (QED) is 0.559. The summed E-state index contributed by atoms with van der Waals surface area (Å²) in [6, 6.07) is 21.5. The summed E-state index contributed by atoms with van der Waals surface area (Å²) in [5.41, 5.74) is 1.08. The second-order valence-corrected chi connectivity index (χ2v) is 7.63. The summed E-state index contributed by atoms with van der Waals surface area (Å²) in [4.78, 5) is 14.0. The van der Waals surface area contributed by atoms with Crippen LogP contribution in [-0.4, -0.2) is 12.5 Å². The van der Waals surface area contributed by atoms with Crippen molar-refractivity contribution in [1.29, 1.82) is 0 Å². The minimum Gasteiger partial charge on any atom is -0.457 e. The van der Waals surface area contributed by atoms with Gasteiger partial charge in [-0.15, -0.1) is 11.3 Å². The Morgan fingerprint density at radius 2 is 1.65 bits per heavy atom. The molecule has 0 radical (unpaired) electrons. The lowest BCUT2D eigenvalue weighted by Crippen LogP contribution is -2.24. The highest BCUT2D eigenvalue weighted by molar-refractivity contribution is 7.17. The van der Waals surface area contributed by atoms with Gasteiger partial charge in [0.1, 0.15) is 11.5 Å². The third kappa shape index (κ3) is 4.96. The van der Waals surface area contributed by atoms with E-state index in [0.29, 0.717) is 5.92 Å². The van der Waals surface area contributed by atoms with Crippen molar-refractivity contribution in [1.82, 2.24) is 5.32 Å². The van der Waals surface area contributed by atoms with E-state index in [4.69, 9.17) is 4.74 Å². The molecule has 0 aliphatic carbocycles. The van der Waals surface area contributed by atoms with E-state index in [0.717, 1.165) is 39.8 Å². The van der Waals surface area contributed by atoms with E-state index in [-0.39, 0.29) is 5.91 Å². The van der Waals surface area contributed by atoms with Crippen LogP contribution in [0.5, 0.6) is 11.5 Å². The highest BCUT2D eigenvalue weighted by atomic mass is 32.1. The Morgan fingerprint density at radius 1 is 0.962 bits per heavy atom. The van der Waals surface area contributed by atoms with Gasteiger partial charge < -0.3 is 10.1 Å². The van der Waals surface area contributed by atoms with Crippen LogP contribution in [0.4, 0.5) is 0 Å². The molecule has 0 unspecified atom stereocenters. The molecule has 0 atom stereocenters. The summed E-state index contributed by atoms with van der Waals surface area (Å²) in [6.45, 7) is 5.02. The zero-order chi connectivity index (χ0) is 18.4. The Kier molecular flexibility index (Phi) is 6.08. The molecule has 0 bridgehead atoms. The average molecular weight is 365 g/mol. The van der Waals surface area contributed by atoms with Gasteiger partial charge in [-0.05, 0) is 66.4 Å². The first-order chi connectivity index (χ1) is 12.6. The molecule has 3 nitrogen and oxygen atoms in total. The summed E-state index contributed by atoms with van der Waals surface area (Å²) in [7, 11) is 0. The predicted molar refractivity (Wildman–Crippen MR) is 108 cm³/mol. The number of rotatable bonds is 7. The van der Waals surface area contributed by atoms with Crippen LogP contribution < -0.4 is 10.1 Å². The van der Waals surface area contributed by atoms with Crippen LogP contribution in [0.2, 0.25) is 0 Å². The zero-order valence-corrected chi connectivity index (χ0v) is 15.9. The Bertz CT molecular complexity index is 838. The van der Waals surface area contributed by atoms with Gasteiger partial charge >= 0.3 is 0 Å². The van der Waals surface area contributed by atoms with E-state index in [1.807, 2.05) is 66.7 Å². The molecule has 4 heteroatoms. The molecular weight excluding hydrogens is 342 g/mol. The Hall–Kier alpha value is -2.59. The number of benzene rings is 2. The fraction of sp³-hybridized carbons (Fsp3) is 0.227. The Morgan fingerprint density at radius 3 is 2.35 bits per heavy atom. The van der Waals surface area contributed by atoms with Crippen molar-refractivity contribution in [2.75, 3.05) is 6.54 Å². The van der Waals surface area contributed by atoms with E-state index < -0.39 is 0 Å². The fourth-order valence-electron chi connectivity index (χ4n) is 2.49. The average Bonchev–Trinajstić information content (AvgIpc) is 3.13. The molecule has 1 N–H and O–H groups in total. The summed E-state index contributed by atoms with van der Waals surface area (Å²) in [6.07, 6.45) is 0.993. The van der Waals surface area contributed by atoms with Crippen molar-refractivity contribution in [3.63, 3.8) is 0 Å². The van der Waals surface area contributed by atoms with Gasteiger partial charge in [0.25, 0.3) is 5.91 Å². The highest BCUT2D eigenvalue weighted by Gasteiger charge is 2.10. The minimum absolute atomic E-state index is 0.00549. The highest BCUT2D eigenvalue weighted by Crippen LogP contribution is 2.30. The molecule has 26 heavy (non-hydrogen) atoms. The summed E-state index contributed by atoms with van der Waals surface area (Å²) in [5.74, 6) is 2.21. The number of nitrogens with one attached hydrogen (secondary N) is 1. The summed E-state index contributed by atoms with van der Waals surface area (Å²) in [5, 5.41) is 2.98. The molecule has 1 amide bonds. The molecule has 2 aromatic carbocycles. The number of ether oxygens (including phenoxy) is 1. The van der Waals surface area contributed by atoms with Crippen LogP contribution >= 0.6 is 11.3 Å². The number of amides is 1. The minimum atomic E-state index is 0.00549. The van der Waals surface area contributed by atoms with E-state index in [9.17, 15) is 4.79 Å². The molecule has 0 aliphatic rings. The summed E-state index contributed by atoms with van der Waals surface area (Å²) >= 11 is 1.51. The molecule has 1 heterocycles. The van der Waals surface area contributed by atoms with E-state index in [1.54, 1.807) is 0 Å². The molecule has 0 saturated carbocycles. The van der Waals surface area contributed by atoms with Crippen LogP contribution in [0, 0.1) is 5.92 Å². The second-order valence-electron chi connectivity index (χ2n) is 6.54. The van der Waals surface area contributed by atoms with E-state index >= 15 is 0 Å². The van der Waals surface area contributed by atoms with Crippen LogP contribution in [0.15, 0.2) is 66.7 Å². The third-order valence-electron chi connectivity index (χ3n) is 3.95. The van der Waals surface area contributed by atoms with Crippen molar-refractivity contribution in [2.24, 2.45) is 5.92 Å². The van der Waals surface area contributed by atoms with Gasteiger partial charge in [0.05, 0.1) is 4.88 Å². The first-order valence-corrected chi connectivity index (χ1v) is 9.65. The first-order valence-electron chi connectivity index (χ1n) is 8.83. The van der Waals surface area contributed by atoms with Gasteiger partial charge in [-0.3, -0.25) is 4.79 Å². The molecule has 0 spiro atoms. The maximum absolute atomic E-state index is 12.2. The standard InChI is InChI=1S/C22H23NO2S/c1-16(2)14-15-23-22(24)21-13-12-20(26-21)17-8-10-19(11-9-17)25-18-6-4-3-5-7-18/h3-13,16H,14-15H2,1-2H3,(H,23,24). The lowest BCUT2D eigenvalue weighted by Gasteiger charge is -2.06. The molecule has 3 rings (SSSR count). The normalized spacial score (nSPS) is 10.7. The zero-order valence-electron chi connectivity index (χ0n) is 15.1. The maximum Gasteiger partial charge on any atom is 0.261 e. The maximum atomic E-state index is 12.2. The number of carbonyl (C=O) groups is 1. The van der Waals surface area contributed by atoms with Crippen molar-refractivity contribution >= 4 is 17.2 Å². The van der Waals surface area contributed by atoms with Crippen molar-refractivity contribution in [2.45, 2.75) is 20.3 Å². The molecule has 1 aromatic heterocycles. The summed E-state index contributed by atoms with van der Waals surface area (Å²) < 4.78 is 5.82. The van der Waals surface area contributed by atoms with Gasteiger partial charge in [-0.25, -0.2) is 0 Å². The van der Waals surface area contributed by atoms with Gasteiger partial charge in [0.2, 0.25) is 0 Å². The van der Waals surface area contributed by atoms with E-state index in [2.05, 4.69) is 19.2 Å². The number of para-hydroxylation sites is 1. The number of carbonyl (C=O) groups excluding carboxylic acids is 1. The molecule has 0 fully saturated rings. The molecule has 3 aromatic rings. The van der Waals surface area contributed by atoms with Crippen molar-refractivity contribution in [3.05, 3.63) is 71.6 Å². The van der Waals surface area contributed by atoms with Crippen molar-refractivity contribution in [3.8, 4) is 21.9 Å². The van der Waals surface area contributed by atoms with Crippen LogP contribution in [0.3, 0.4) is 0 Å².